The van der Waals surface area contributed by atoms with E-state index >= 15 is 0 Å². The topological polar surface area (TPSA) is 134 Å². The molecule has 3 N–H and O–H groups in total. The van der Waals surface area contributed by atoms with Crippen molar-refractivity contribution in [2.24, 2.45) is 5.73 Å². The molecule has 0 aromatic carbocycles. The summed E-state index contributed by atoms with van der Waals surface area (Å²) in [5.74, 6) is -0.849. The van der Waals surface area contributed by atoms with Gasteiger partial charge < -0.3 is 20.1 Å². The van der Waals surface area contributed by atoms with E-state index in [9.17, 15) is 19.0 Å². The number of phosphoric acid groups is 1. The van der Waals surface area contributed by atoms with Crippen molar-refractivity contribution in [3.8, 4) is 0 Å². The van der Waals surface area contributed by atoms with Gasteiger partial charge in [-0.15, -0.1) is 0 Å². The fourth-order valence-corrected chi connectivity index (χ4v) is 9.29. The second-order valence-corrected chi connectivity index (χ2v) is 22.3. The number of carbonyl (C=O) groups is 2. The summed E-state index contributed by atoms with van der Waals surface area (Å²) in [6.45, 7) is 3.50. The van der Waals surface area contributed by atoms with Crippen LogP contribution >= 0.6 is 7.82 Å². The van der Waals surface area contributed by atoms with Crippen LogP contribution in [0.4, 0.5) is 0 Å². The Morgan fingerprint density at radius 1 is 0.370 bits per heavy atom. The third kappa shape index (κ3) is 64.9. The van der Waals surface area contributed by atoms with Gasteiger partial charge in [0.25, 0.3) is 0 Å². The molecule has 0 aliphatic carbocycles. The van der Waals surface area contributed by atoms with Crippen molar-refractivity contribution >= 4 is 19.8 Å². The van der Waals surface area contributed by atoms with Crippen LogP contribution in [0.3, 0.4) is 0 Å². The predicted molar refractivity (Wildman–Crippen MR) is 348 cm³/mol. The van der Waals surface area contributed by atoms with Gasteiger partial charge in [-0.2, -0.15) is 0 Å². The summed E-state index contributed by atoms with van der Waals surface area (Å²) in [6.07, 6.45) is 93.4. The smallest absolute Gasteiger partial charge is 0.462 e. The summed E-state index contributed by atoms with van der Waals surface area (Å²) in [6, 6.07) is 0. The lowest BCUT2D eigenvalue weighted by Gasteiger charge is -2.19. The molecule has 0 rings (SSSR count). The molecule has 0 amide bonds. The predicted octanol–water partition coefficient (Wildman–Crippen LogP) is 21.1. The molecule has 0 aromatic heterocycles. The van der Waals surface area contributed by atoms with E-state index < -0.39 is 26.5 Å². The van der Waals surface area contributed by atoms with Crippen LogP contribution in [0.2, 0.25) is 0 Å². The average Bonchev–Trinajstić information content (AvgIpc) is 3.46. The zero-order valence-electron chi connectivity index (χ0n) is 51.5. The SMILES string of the molecule is CC/C=C\C/C=C\C/C=C\C/C=C\C/C=C\C/C=C\C/C=C\C/C=C\CCCCCCCCC(=O)OC(COC(=O)CCCCCCCCCCCCCCCCCC/C=C\C/C=C\C/C=C\C/C=C\CC)COP(=O)(O)OCCN. The molecule has 0 aromatic rings. The first-order valence-corrected chi connectivity index (χ1v) is 33.8. The molecule has 0 saturated carbocycles. The molecule has 81 heavy (non-hydrogen) atoms. The number of unbranched alkanes of at least 4 members (excludes halogenated alkanes) is 22. The fourth-order valence-electron chi connectivity index (χ4n) is 8.53. The Kier molecular flexibility index (Phi) is 61.7. The Bertz CT molecular complexity index is 1830. The van der Waals surface area contributed by atoms with Crippen LogP contribution in [0, 0.1) is 0 Å². The molecule has 460 valence electrons. The zero-order chi connectivity index (χ0) is 58.7. The monoisotopic (exact) mass is 1140 g/mol. The molecule has 0 bridgehead atoms. The van der Waals surface area contributed by atoms with Crippen LogP contribution < -0.4 is 5.73 Å². The van der Waals surface area contributed by atoms with E-state index in [-0.39, 0.29) is 38.6 Å². The largest absolute Gasteiger partial charge is 0.472 e. The van der Waals surface area contributed by atoms with Crippen molar-refractivity contribution in [3.05, 3.63) is 146 Å². The number of allylic oxidation sites excluding steroid dienone is 24. The summed E-state index contributed by atoms with van der Waals surface area (Å²) in [5, 5.41) is 0. The minimum absolute atomic E-state index is 0.0439. The highest BCUT2D eigenvalue weighted by atomic mass is 31.2. The Balaban J connectivity index is 4.00. The minimum atomic E-state index is -4.41. The summed E-state index contributed by atoms with van der Waals surface area (Å²) in [7, 11) is -4.41. The third-order valence-electron chi connectivity index (χ3n) is 13.2. The number of nitrogens with two attached hydrogens (primary N) is 1. The standard InChI is InChI=1S/C71H118NO8P/c1-3-5-7-9-11-13-15-17-19-21-23-25-27-29-31-33-34-36-38-40-42-44-46-48-50-52-54-56-58-60-62-64-71(74)80-69(68-79-81(75,76)78-66-65-72)67-77-70(73)63-61-59-57-55-53-51-49-47-45-43-41-39-37-35-32-30-28-26-24-22-20-18-16-14-12-10-8-6-4-2/h5-8,11-14,17-20,23-26,29,31,34,36,40,42,46,48,69H,3-4,9-10,15-16,21-22,27-28,30,32-33,35,37-39,41,43-45,47,49-68,72H2,1-2H3,(H,75,76)/b7-5-,8-6-,13-11-,14-12-,19-17-,20-18-,25-23-,26-24-,31-29-,36-34-,42-40-,48-46-. The molecule has 0 aliphatic heterocycles. The third-order valence-corrected chi connectivity index (χ3v) is 14.2. The van der Waals surface area contributed by atoms with Crippen molar-refractivity contribution in [1.29, 1.82) is 0 Å². The lowest BCUT2D eigenvalue weighted by molar-refractivity contribution is -0.161. The van der Waals surface area contributed by atoms with Gasteiger partial charge in [0, 0.05) is 19.4 Å². The average molecular weight is 1140 g/mol. The Morgan fingerprint density at radius 2 is 0.642 bits per heavy atom. The number of esters is 2. The van der Waals surface area contributed by atoms with E-state index in [1.54, 1.807) is 0 Å². The number of rotatable bonds is 59. The molecule has 0 spiro atoms. The van der Waals surface area contributed by atoms with Gasteiger partial charge in [-0.3, -0.25) is 18.6 Å². The van der Waals surface area contributed by atoms with Gasteiger partial charge in [0.1, 0.15) is 6.61 Å². The highest BCUT2D eigenvalue weighted by molar-refractivity contribution is 7.47. The molecule has 0 aliphatic rings. The summed E-state index contributed by atoms with van der Waals surface area (Å²) in [5.41, 5.74) is 5.39. The van der Waals surface area contributed by atoms with Crippen LogP contribution in [-0.4, -0.2) is 49.3 Å². The second-order valence-electron chi connectivity index (χ2n) is 20.9. The first-order chi connectivity index (χ1) is 39.8. The highest BCUT2D eigenvalue weighted by Gasteiger charge is 2.26. The molecule has 10 heteroatoms. The number of carbonyl (C=O) groups excluding carboxylic acids is 2. The number of hydrogen-bond acceptors (Lipinski definition) is 8. The van der Waals surface area contributed by atoms with Crippen molar-refractivity contribution in [1.82, 2.24) is 0 Å². The normalized spacial score (nSPS) is 14.0. The second kappa shape index (κ2) is 65.0. The van der Waals surface area contributed by atoms with Crippen LogP contribution in [0.25, 0.3) is 0 Å². The molecule has 2 unspecified atom stereocenters. The van der Waals surface area contributed by atoms with Gasteiger partial charge in [0.05, 0.1) is 13.2 Å². The van der Waals surface area contributed by atoms with E-state index in [0.29, 0.717) is 6.42 Å². The Morgan fingerprint density at radius 3 is 0.951 bits per heavy atom. The summed E-state index contributed by atoms with van der Waals surface area (Å²) < 4.78 is 33.1. The summed E-state index contributed by atoms with van der Waals surface area (Å²) >= 11 is 0. The molecule has 0 radical (unpaired) electrons. The van der Waals surface area contributed by atoms with Crippen LogP contribution in [-0.2, 0) is 32.7 Å². The van der Waals surface area contributed by atoms with Crippen LogP contribution in [0.1, 0.15) is 258 Å². The van der Waals surface area contributed by atoms with E-state index in [1.807, 2.05) is 0 Å². The van der Waals surface area contributed by atoms with Crippen molar-refractivity contribution in [2.45, 2.75) is 264 Å². The van der Waals surface area contributed by atoms with Crippen molar-refractivity contribution < 1.29 is 37.6 Å². The first kappa shape index (κ1) is 76.9. The van der Waals surface area contributed by atoms with E-state index in [0.717, 1.165) is 135 Å². The minimum Gasteiger partial charge on any atom is -0.462 e. The number of hydrogen-bond donors (Lipinski definition) is 2. The van der Waals surface area contributed by atoms with Crippen molar-refractivity contribution in [2.75, 3.05) is 26.4 Å². The number of phosphoric ester groups is 1. The van der Waals surface area contributed by atoms with Crippen molar-refractivity contribution in [3.63, 3.8) is 0 Å². The maximum atomic E-state index is 12.7. The van der Waals surface area contributed by atoms with Crippen LogP contribution in [0.15, 0.2) is 146 Å². The van der Waals surface area contributed by atoms with Gasteiger partial charge in [-0.1, -0.05) is 275 Å². The van der Waals surface area contributed by atoms with Gasteiger partial charge in [-0.05, 0) is 116 Å². The van der Waals surface area contributed by atoms with Crippen LogP contribution in [0.5, 0.6) is 0 Å². The quantitative estimate of drug-likeness (QED) is 0.0264. The maximum Gasteiger partial charge on any atom is 0.472 e. The molecule has 0 fully saturated rings. The Hall–Kier alpha value is -4.11. The lowest BCUT2D eigenvalue weighted by atomic mass is 10.0. The van der Waals surface area contributed by atoms with E-state index in [2.05, 4.69) is 160 Å². The Labute approximate surface area is 496 Å². The van der Waals surface area contributed by atoms with Gasteiger partial charge in [-0.25, -0.2) is 4.57 Å². The molecule has 0 saturated heterocycles. The van der Waals surface area contributed by atoms with Gasteiger partial charge >= 0.3 is 19.8 Å². The van der Waals surface area contributed by atoms with Gasteiger partial charge in [0.2, 0.25) is 0 Å². The molecular weight excluding hydrogens is 1030 g/mol. The maximum absolute atomic E-state index is 12.7. The molecule has 9 nitrogen and oxygen atoms in total. The van der Waals surface area contributed by atoms with Gasteiger partial charge in [0.15, 0.2) is 6.10 Å². The fraction of sp³-hybridized carbons (Fsp3) is 0.634. The molecule has 2 atom stereocenters. The highest BCUT2D eigenvalue weighted by Crippen LogP contribution is 2.43. The molecule has 0 heterocycles. The van der Waals surface area contributed by atoms with E-state index in [4.69, 9.17) is 24.3 Å². The zero-order valence-corrected chi connectivity index (χ0v) is 52.4. The first-order valence-electron chi connectivity index (χ1n) is 32.3. The van der Waals surface area contributed by atoms with E-state index in [1.165, 1.54) is 89.9 Å². The lowest BCUT2D eigenvalue weighted by Crippen LogP contribution is -2.29. The summed E-state index contributed by atoms with van der Waals surface area (Å²) in [4.78, 5) is 35.3. The number of ether oxygens (including phenoxy) is 2. The molecular formula is C71H118NO8P.